The zero-order valence-electron chi connectivity index (χ0n) is 12.9. The van der Waals surface area contributed by atoms with E-state index in [4.69, 9.17) is 0 Å². The number of benzene rings is 2. The molecular weight excluding hydrogens is 290 g/mol. The minimum absolute atomic E-state index is 0.0364. The average molecular weight is 307 g/mol. The molecule has 0 aromatic heterocycles. The lowest BCUT2D eigenvalue weighted by molar-refractivity contribution is -0.384. The van der Waals surface area contributed by atoms with E-state index in [0.717, 1.165) is 24.0 Å². The molecule has 0 aliphatic heterocycles. The molecular formula is C19H17NO3. The molecule has 2 aromatic carbocycles. The number of hydrogen-bond donors (Lipinski definition) is 0. The maximum absolute atomic E-state index is 12.6. The number of carbonyl (C=O) groups is 1. The number of ketones is 1. The Labute approximate surface area is 134 Å². The molecule has 0 atom stereocenters. The number of carbonyl (C=O) groups excluding carboxylic acids is 1. The summed E-state index contributed by atoms with van der Waals surface area (Å²) in [5, 5.41) is 10.9. The van der Waals surface area contributed by atoms with Gasteiger partial charge in [-0.05, 0) is 42.0 Å². The number of nitro benzene ring substituents is 1. The van der Waals surface area contributed by atoms with Gasteiger partial charge < -0.3 is 0 Å². The van der Waals surface area contributed by atoms with Gasteiger partial charge in [-0.3, -0.25) is 14.9 Å². The summed E-state index contributed by atoms with van der Waals surface area (Å²) in [5.41, 5.74) is 4.26. The van der Waals surface area contributed by atoms with E-state index in [1.807, 2.05) is 18.2 Å². The van der Waals surface area contributed by atoms with Crippen LogP contribution in [0, 0.1) is 10.1 Å². The first-order valence-electron chi connectivity index (χ1n) is 7.70. The Balaban J connectivity index is 1.94. The fourth-order valence-electron chi connectivity index (χ4n) is 2.85. The van der Waals surface area contributed by atoms with Crippen molar-refractivity contribution in [3.8, 4) is 0 Å². The Hall–Kier alpha value is -2.75. The van der Waals surface area contributed by atoms with Gasteiger partial charge in [-0.15, -0.1) is 0 Å². The number of nitro groups is 1. The zero-order valence-corrected chi connectivity index (χ0v) is 12.9. The van der Waals surface area contributed by atoms with E-state index in [-0.39, 0.29) is 11.5 Å². The van der Waals surface area contributed by atoms with E-state index in [2.05, 4.69) is 19.1 Å². The van der Waals surface area contributed by atoms with Crippen molar-refractivity contribution in [2.24, 2.45) is 0 Å². The minimum Gasteiger partial charge on any atom is -0.289 e. The zero-order chi connectivity index (χ0) is 16.4. The van der Waals surface area contributed by atoms with Gasteiger partial charge in [0.05, 0.1) is 4.92 Å². The van der Waals surface area contributed by atoms with Gasteiger partial charge in [0, 0.05) is 23.3 Å². The Morgan fingerprint density at radius 1 is 1.13 bits per heavy atom. The van der Waals surface area contributed by atoms with Gasteiger partial charge in [0.1, 0.15) is 0 Å². The van der Waals surface area contributed by atoms with Crippen LogP contribution in [0.25, 0.3) is 6.08 Å². The highest BCUT2D eigenvalue weighted by atomic mass is 16.6. The van der Waals surface area contributed by atoms with E-state index in [0.29, 0.717) is 17.6 Å². The molecule has 4 nitrogen and oxygen atoms in total. The molecule has 1 aliphatic carbocycles. The highest BCUT2D eigenvalue weighted by Gasteiger charge is 2.24. The minimum atomic E-state index is -0.463. The summed E-state index contributed by atoms with van der Waals surface area (Å²) < 4.78 is 0. The lowest BCUT2D eigenvalue weighted by Crippen LogP contribution is -2.14. The molecule has 3 rings (SSSR count). The normalized spacial score (nSPS) is 15.5. The van der Waals surface area contributed by atoms with Crippen molar-refractivity contribution >= 4 is 17.5 Å². The van der Waals surface area contributed by atoms with Gasteiger partial charge in [-0.25, -0.2) is 0 Å². The number of Topliss-reactive ketones (excluding diaryl/α,β-unsaturated/α-hetero) is 1. The van der Waals surface area contributed by atoms with Crippen molar-refractivity contribution in [2.75, 3.05) is 0 Å². The van der Waals surface area contributed by atoms with Gasteiger partial charge in [0.25, 0.3) is 5.69 Å². The largest absolute Gasteiger partial charge is 0.289 e. The van der Waals surface area contributed by atoms with Crippen LogP contribution in [-0.4, -0.2) is 10.7 Å². The first kappa shape index (κ1) is 15.2. The van der Waals surface area contributed by atoms with Gasteiger partial charge in [-0.1, -0.05) is 37.3 Å². The molecule has 0 bridgehead atoms. The second kappa shape index (κ2) is 6.16. The molecule has 0 saturated carbocycles. The molecule has 1 aliphatic rings. The quantitative estimate of drug-likeness (QED) is 0.480. The Kier molecular flexibility index (Phi) is 4.06. The van der Waals surface area contributed by atoms with Crippen molar-refractivity contribution in [1.29, 1.82) is 0 Å². The number of nitrogens with zero attached hydrogens (tertiary/aromatic N) is 1. The monoisotopic (exact) mass is 307 g/mol. The van der Waals surface area contributed by atoms with Crippen LogP contribution >= 0.6 is 0 Å². The van der Waals surface area contributed by atoms with E-state index in [1.165, 1.54) is 17.7 Å². The van der Waals surface area contributed by atoms with Gasteiger partial charge in [-0.2, -0.15) is 0 Å². The number of rotatable bonds is 3. The Morgan fingerprint density at radius 2 is 1.87 bits per heavy atom. The third-order valence-electron chi connectivity index (χ3n) is 4.23. The van der Waals surface area contributed by atoms with Crippen molar-refractivity contribution in [3.63, 3.8) is 0 Å². The second-order valence-electron chi connectivity index (χ2n) is 5.69. The standard InChI is InChI=1S/C19H17NO3/c1-2-13-3-5-14(6-4-13)11-16-8-7-15-9-10-17(20(22)23)12-18(15)19(16)21/h3-6,9-12H,2,7-8H2,1H3/b16-11+. The number of non-ortho nitro benzene ring substituents is 1. The Bertz CT molecular complexity index is 804. The third kappa shape index (κ3) is 3.06. The van der Waals surface area contributed by atoms with Crippen LogP contribution in [0.3, 0.4) is 0 Å². The molecule has 0 radical (unpaired) electrons. The fourth-order valence-corrected chi connectivity index (χ4v) is 2.85. The third-order valence-corrected chi connectivity index (χ3v) is 4.23. The molecule has 2 aromatic rings. The molecule has 23 heavy (non-hydrogen) atoms. The molecule has 0 unspecified atom stereocenters. The van der Waals surface area contributed by atoms with E-state index < -0.39 is 4.92 Å². The summed E-state index contributed by atoms with van der Waals surface area (Å²) >= 11 is 0. The maximum atomic E-state index is 12.6. The van der Waals surface area contributed by atoms with Crippen LogP contribution in [0.5, 0.6) is 0 Å². The number of allylic oxidation sites excluding steroid dienone is 1. The van der Waals surface area contributed by atoms with Gasteiger partial charge in [0.15, 0.2) is 5.78 Å². The number of aryl methyl sites for hydroxylation is 2. The highest BCUT2D eigenvalue weighted by molar-refractivity contribution is 6.13. The van der Waals surface area contributed by atoms with Crippen LogP contribution in [-0.2, 0) is 12.8 Å². The fraction of sp³-hybridized carbons (Fsp3) is 0.211. The smallest absolute Gasteiger partial charge is 0.270 e. The van der Waals surface area contributed by atoms with Crippen LogP contribution in [0.2, 0.25) is 0 Å². The predicted octanol–water partition coefficient (Wildman–Crippen LogP) is 4.37. The summed E-state index contributed by atoms with van der Waals surface area (Å²) in [6, 6.07) is 12.7. The summed E-state index contributed by atoms with van der Waals surface area (Å²) in [7, 11) is 0. The lowest BCUT2D eigenvalue weighted by atomic mass is 9.85. The Morgan fingerprint density at radius 3 is 2.52 bits per heavy atom. The SMILES string of the molecule is CCc1ccc(/C=C2\CCc3ccc([N+](=O)[O-])cc3C2=O)cc1. The topological polar surface area (TPSA) is 60.2 Å². The number of fused-ring (bicyclic) bond motifs is 1. The van der Waals surface area contributed by atoms with E-state index in [1.54, 1.807) is 6.07 Å². The molecule has 0 amide bonds. The summed E-state index contributed by atoms with van der Waals surface area (Å²) in [5.74, 6) is -0.102. The van der Waals surface area contributed by atoms with Gasteiger partial charge in [0.2, 0.25) is 0 Å². The maximum Gasteiger partial charge on any atom is 0.270 e. The van der Waals surface area contributed by atoms with E-state index >= 15 is 0 Å². The van der Waals surface area contributed by atoms with Crippen molar-refractivity contribution in [3.05, 3.63) is 80.4 Å². The second-order valence-corrected chi connectivity index (χ2v) is 5.69. The van der Waals surface area contributed by atoms with Crippen LogP contribution in [0.4, 0.5) is 5.69 Å². The summed E-state index contributed by atoms with van der Waals surface area (Å²) in [6.45, 7) is 2.10. The van der Waals surface area contributed by atoms with E-state index in [9.17, 15) is 14.9 Å². The van der Waals surface area contributed by atoms with Gasteiger partial charge >= 0.3 is 0 Å². The van der Waals surface area contributed by atoms with Crippen molar-refractivity contribution in [2.45, 2.75) is 26.2 Å². The molecule has 4 heteroatoms. The summed E-state index contributed by atoms with van der Waals surface area (Å²) in [6.07, 6.45) is 4.27. The van der Waals surface area contributed by atoms with Crippen molar-refractivity contribution in [1.82, 2.24) is 0 Å². The van der Waals surface area contributed by atoms with Crippen molar-refractivity contribution < 1.29 is 9.72 Å². The highest BCUT2D eigenvalue weighted by Crippen LogP contribution is 2.29. The molecule has 0 saturated heterocycles. The number of hydrogen-bond acceptors (Lipinski definition) is 3. The van der Waals surface area contributed by atoms with Crippen LogP contribution < -0.4 is 0 Å². The van der Waals surface area contributed by atoms with Crippen LogP contribution in [0.15, 0.2) is 48.0 Å². The molecule has 0 N–H and O–H groups in total. The average Bonchev–Trinajstić information content (AvgIpc) is 2.58. The molecule has 0 spiro atoms. The molecule has 0 heterocycles. The lowest BCUT2D eigenvalue weighted by Gasteiger charge is -2.17. The first-order valence-corrected chi connectivity index (χ1v) is 7.70. The molecule has 0 fully saturated rings. The molecule has 116 valence electrons. The predicted molar refractivity (Wildman–Crippen MR) is 89.5 cm³/mol. The van der Waals surface area contributed by atoms with Crippen LogP contribution in [0.1, 0.15) is 40.4 Å². The summed E-state index contributed by atoms with van der Waals surface area (Å²) in [4.78, 5) is 23.1. The first-order chi connectivity index (χ1) is 11.1.